The van der Waals surface area contributed by atoms with Crippen LogP contribution in [0.5, 0.6) is 0 Å². The number of rotatable bonds is 9. The average molecular weight is 466 g/mol. The molecule has 0 heterocycles. The van der Waals surface area contributed by atoms with Crippen molar-refractivity contribution in [3.8, 4) is 0 Å². The fraction of sp³-hybridized carbons (Fsp3) is 0.364. The van der Waals surface area contributed by atoms with Crippen molar-refractivity contribution in [3.63, 3.8) is 0 Å². The maximum Gasteiger partial charge on any atom is 0.244 e. The van der Waals surface area contributed by atoms with E-state index < -0.39 is 28.5 Å². The first kappa shape index (κ1) is 24.7. The molecule has 0 bridgehead atoms. The average Bonchev–Trinajstić information content (AvgIpc) is 2.72. The molecule has 2 rings (SSSR count). The molecule has 0 saturated carbocycles. The number of amides is 2. The Morgan fingerprint density at radius 2 is 1.65 bits per heavy atom. The number of carbonyl (C=O) groups excluding carboxylic acids is 2. The van der Waals surface area contributed by atoms with Crippen molar-refractivity contribution in [1.29, 1.82) is 0 Å². The molecule has 0 aliphatic heterocycles. The zero-order chi connectivity index (χ0) is 23.2. The fourth-order valence-corrected chi connectivity index (χ4v) is 4.17. The highest BCUT2D eigenvalue weighted by Crippen LogP contribution is 2.20. The molecule has 7 nitrogen and oxygen atoms in total. The topological polar surface area (TPSA) is 86.8 Å². The number of benzene rings is 2. The van der Waals surface area contributed by atoms with Crippen LogP contribution in [0.4, 0.5) is 5.69 Å². The summed E-state index contributed by atoms with van der Waals surface area (Å²) in [5.74, 6) is -0.789. The predicted octanol–water partition coefficient (Wildman–Crippen LogP) is 2.97. The zero-order valence-corrected chi connectivity index (χ0v) is 19.7. The van der Waals surface area contributed by atoms with E-state index in [1.165, 1.54) is 11.9 Å². The molecule has 1 N–H and O–H groups in total. The van der Waals surface area contributed by atoms with Crippen LogP contribution in [0.3, 0.4) is 0 Å². The van der Waals surface area contributed by atoms with Gasteiger partial charge in [0, 0.05) is 18.6 Å². The summed E-state index contributed by atoms with van der Waals surface area (Å²) in [5, 5.41) is 3.14. The van der Waals surface area contributed by atoms with Crippen molar-refractivity contribution in [1.82, 2.24) is 10.2 Å². The Kier molecular flexibility index (Phi) is 8.47. The molecule has 2 aromatic rings. The van der Waals surface area contributed by atoms with E-state index in [1.54, 1.807) is 55.5 Å². The quantitative estimate of drug-likeness (QED) is 0.616. The van der Waals surface area contributed by atoms with Gasteiger partial charge in [0.25, 0.3) is 0 Å². The number of aryl methyl sites for hydroxylation is 1. The Bertz CT molecular complexity index is 1010. The number of likely N-dealkylation sites (N-methyl/N-ethyl adjacent to an activating group) is 1. The SMILES string of the molecule is CC[C@@H](C(=O)NC)N(Cc1ccc(Cl)cc1)C(=O)CN(c1ccc(C)cc1)S(C)(=O)=O. The van der Waals surface area contributed by atoms with Gasteiger partial charge in [0.2, 0.25) is 21.8 Å². The number of nitrogens with one attached hydrogen (secondary N) is 1. The van der Waals surface area contributed by atoms with Crippen LogP contribution >= 0.6 is 11.6 Å². The second-order valence-electron chi connectivity index (χ2n) is 7.29. The molecule has 0 spiro atoms. The lowest BCUT2D eigenvalue weighted by Gasteiger charge is -2.32. The van der Waals surface area contributed by atoms with Crippen LogP contribution in [0, 0.1) is 6.92 Å². The predicted molar refractivity (Wildman–Crippen MR) is 124 cm³/mol. The van der Waals surface area contributed by atoms with Gasteiger partial charge in [-0.05, 0) is 43.2 Å². The maximum absolute atomic E-state index is 13.3. The maximum atomic E-state index is 13.3. The van der Waals surface area contributed by atoms with Gasteiger partial charge in [0.05, 0.1) is 11.9 Å². The molecule has 0 fully saturated rings. The normalized spacial score (nSPS) is 12.2. The molecule has 0 aromatic heterocycles. The Balaban J connectivity index is 2.40. The molecular weight excluding hydrogens is 438 g/mol. The van der Waals surface area contributed by atoms with E-state index in [2.05, 4.69) is 5.32 Å². The summed E-state index contributed by atoms with van der Waals surface area (Å²) in [4.78, 5) is 27.2. The second kappa shape index (κ2) is 10.6. The van der Waals surface area contributed by atoms with Crippen molar-refractivity contribution >= 4 is 39.1 Å². The van der Waals surface area contributed by atoms with Gasteiger partial charge in [-0.2, -0.15) is 0 Å². The molecule has 2 amide bonds. The standard InChI is InChI=1S/C22H28ClN3O4S/c1-5-20(22(28)24-3)25(14-17-8-10-18(23)11-9-17)21(27)15-26(31(4,29)30)19-12-6-16(2)7-13-19/h6-13,20H,5,14-15H2,1-4H3,(H,24,28)/t20-/m0/s1. The van der Waals surface area contributed by atoms with Gasteiger partial charge in [0.15, 0.2) is 0 Å². The lowest BCUT2D eigenvalue weighted by atomic mass is 10.1. The lowest BCUT2D eigenvalue weighted by Crippen LogP contribution is -2.51. The molecule has 31 heavy (non-hydrogen) atoms. The van der Waals surface area contributed by atoms with Crippen LogP contribution in [0.15, 0.2) is 48.5 Å². The summed E-state index contributed by atoms with van der Waals surface area (Å²) >= 11 is 5.95. The Morgan fingerprint density at radius 1 is 1.06 bits per heavy atom. The second-order valence-corrected chi connectivity index (χ2v) is 9.63. The Morgan fingerprint density at radius 3 is 2.13 bits per heavy atom. The van der Waals surface area contributed by atoms with Crippen LogP contribution in [0.1, 0.15) is 24.5 Å². The van der Waals surface area contributed by atoms with Gasteiger partial charge >= 0.3 is 0 Å². The highest BCUT2D eigenvalue weighted by Gasteiger charge is 2.31. The molecule has 0 aliphatic carbocycles. The lowest BCUT2D eigenvalue weighted by molar-refractivity contribution is -0.140. The molecular formula is C22H28ClN3O4S. The first-order valence-electron chi connectivity index (χ1n) is 9.86. The van der Waals surface area contributed by atoms with E-state index in [9.17, 15) is 18.0 Å². The first-order chi connectivity index (χ1) is 14.6. The summed E-state index contributed by atoms with van der Waals surface area (Å²) in [5.41, 5.74) is 2.14. The van der Waals surface area contributed by atoms with Crippen molar-refractivity contribution in [2.45, 2.75) is 32.9 Å². The monoisotopic (exact) mass is 465 g/mol. The number of sulfonamides is 1. The molecule has 9 heteroatoms. The minimum absolute atomic E-state index is 0.146. The summed E-state index contributed by atoms with van der Waals surface area (Å²) in [7, 11) is -2.22. The van der Waals surface area contributed by atoms with Crippen molar-refractivity contribution in [3.05, 3.63) is 64.7 Å². The molecule has 1 atom stereocenters. The highest BCUT2D eigenvalue weighted by atomic mass is 35.5. The molecule has 0 unspecified atom stereocenters. The molecule has 168 valence electrons. The van der Waals surface area contributed by atoms with Gasteiger partial charge in [0.1, 0.15) is 12.6 Å². The van der Waals surface area contributed by atoms with E-state index in [0.29, 0.717) is 17.1 Å². The zero-order valence-electron chi connectivity index (χ0n) is 18.1. The van der Waals surface area contributed by atoms with Gasteiger partial charge < -0.3 is 10.2 Å². The van der Waals surface area contributed by atoms with Crippen LogP contribution in [0.25, 0.3) is 0 Å². The van der Waals surface area contributed by atoms with E-state index in [1.807, 2.05) is 6.92 Å². The highest BCUT2D eigenvalue weighted by molar-refractivity contribution is 7.92. The number of hydrogen-bond donors (Lipinski definition) is 1. The number of carbonyl (C=O) groups is 2. The first-order valence-corrected chi connectivity index (χ1v) is 12.1. The van der Waals surface area contributed by atoms with Crippen molar-refractivity contribution in [2.24, 2.45) is 0 Å². The molecule has 0 saturated heterocycles. The molecule has 2 aromatic carbocycles. The minimum Gasteiger partial charge on any atom is -0.357 e. The number of halogens is 1. The summed E-state index contributed by atoms with van der Waals surface area (Å²) < 4.78 is 26.0. The largest absolute Gasteiger partial charge is 0.357 e. The van der Waals surface area contributed by atoms with E-state index in [4.69, 9.17) is 11.6 Å². The third-order valence-corrected chi connectivity index (χ3v) is 6.29. The van der Waals surface area contributed by atoms with E-state index >= 15 is 0 Å². The van der Waals surface area contributed by atoms with Gasteiger partial charge in [-0.3, -0.25) is 13.9 Å². The Labute approximate surface area is 189 Å². The van der Waals surface area contributed by atoms with Gasteiger partial charge in [-0.15, -0.1) is 0 Å². The number of nitrogens with zero attached hydrogens (tertiary/aromatic N) is 2. The van der Waals surface area contributed by atoms with E-state index in [0.717, 1.165) is 21.7 Å². The van der Waals surface area contributed by atoms with Crippen molar-refractivity contribution < 1.29 is 18.0 Å². The smallest absolute Gasteiger partial charge is 0.244 e. The van der Waals surface area contributed by atoms with E-state index in [-0.39, 0.29) is 12.5 Å². The van der Waals surface area contributed by atoms with Crippen LogP contribution in [-0.4, -0.2) is 51.0 Å². The third kappa shape index (κ3) is 6.70. The van der Waals surface area contributed by atoms with Gasteiger partial charge in [-0.1, -0.05) is 48.4 Å². The van der Waals surface area contributed by atoms with Crippen LogP contribution in [0.2, 0.25) is 5.02 Å². The third-order valence-electron chi connectivity index (χ3n) is 4.90. The Hall–Kier alpha value is -2.58. The van der Waals surface area contributed by atoms with Crippen LogP contribution < -0.4 is 9.62 Å². The summed E-state index contributed by atoms with van der Waals surface area (Å²) in [6.45, 7) is 3.43. The minimum atomic E-state index is -3.73. The van der Waals surface area contributed by atoms with Crippen LogP contribution in [-0.2, 0) is 26.2 Å². The number of hydrogen-bond acceptors (Lipinski definition) is 4. The summed E-state index contributed by atoms with van der Waals surface area (Å²) in [6, 6.07) is 13.1. The fourth-order valence-electron chi connectivity index (χ4n) is 3.20. The molecule has 0 radical (unpaired) electrons. The summed E-state index contributed by atoms with van der Waals surface area (Å²) in [6.07, 6.45) is 1.43. The van der Waals surface area contributed by atoms with Gasteiger partial charge in [-0.25, -0.2) is 8.42 Å². The molecule has 0 aliphatic rings. The van der Waals surface area contributed by atoms with Crippen molar-refractivity contribution in [2.75, 3.05) is 24.2 Å². The number of anilines is 1.